The SMILES string of the molecule is CC1=CC=C([C@H]2CCCC[C@@H]2C(=O)O)CC1. The van der Waals surface area contributed by atoms with Crippen molar-refractivity contribution in [3.8, 4) is 0 Å². The fourth-order valence-corrected chi connectivity index (χ4v) is 2.94. The smallest absolute Gasteiger partial charge is 0.307 e. The molecule has 88 valence electrons. The number of rotatable bonds is 2. The van der Waals surface area contributed by atoms with Gasteiger partial charge in [0, 0.05) is 0 Å². The Kier molecular flexibility index (Phi) is 3.47. The summed E-state index contributed by atoms with van der Waals surface area (Å²) in [7, 11) is 0. The van der Waals surface area contributed by atoms with Gasteiger partial charge < -0.3 is 5.11 Å². The van der Waals surface area contributed by atoms with Crippen LogP contribution in [0.2, 0.25) is 0 Å². The Balaban J connectivity index is 2.14. The predicted molar refractivity (Wildman–Crippen MR) is 64.2 cm³/mol. The number of carboxylic acids is 1. The predicted octanol–water partition coefficient (Wildman–Crippen LogP) is 3.54. The molecule has 0 heterocycles. The highest BCUT2D eigenvalue weighted by atomic mass is 16.4. The van der Waals surface area contributed by atoms with Gasteiger partial charge in [-0.2, -0.15) is 0 Å². The van der Waals surface area contributed by atoms with Crippen molar-refractivity contribution in [3.05, 3.63) is 23.3 Å². The Hall–Kier alpha value is -1.05. The standard InChI is InChI=1S/C14H20O2/c1-10-6-8-11(9-7-10)12-4-2-3-5-13(12)14(15)16/h6,8,12-13H,2-5,7,9H2,1H3,(H,15,16)/t12-,13+/m1/s1. The van der Waals surface area contributed by atoms with Crippen molar-refractivity contribution in [2.24, 2.45) is 11.8 Å². The van der Waals surface area contributed by atoms with Gasteiger partial charge in [-0.15, -0.1) is 0 Å². The maximum atomic E-state index is 11.2. The van der Waals surface area contributed by atoms with Crippen LogP contribution in [0, 0.1) is 11.8 Å². The quantitative estimate of drug-likeness (QED) is 0.772. The van der Waals surface area contributed by atoms with Gasteiger partial charge in [0.2, 0.25) is 0 Å². The molecule has 1 saturated carbocycles. The third-order valence-corrected chi connectivity index (χ3v) is 3.95. The van der Waals surface area contributed by atoms with Crippen LogP contribution < -0.4 is 0 Å². The minimum atomic E-state index is -0.600. The van der Waals surface area contributed by atoms with E-state index in [1.807, 2.05) is 0 Å². The molecule has 0 aromatic heterocycles. The average molecular weight is 220 g/mol. The van der Waals surface area contributed by atoms with Crippen LogP contribution in [0.25, 0.3) is 0 Å². The molecule has 2 heteroatoms. The summed E-state index contributed by atoms with van der Waals surface area (Å²) in [5.41, 5.74) is 2.78. The second kappa shape index (κ2) is 4.86. The van der Waals surface area contributed by atoms with Gasteiger partial charge in [0.25, 0.3) is 0 Å². The Labute approximate surface area is 97.0 Å². The maximum absolute atomic E-state index is 11.2. The fourth-order valence-electron chi connectivity index (χ4n) is 2.94. The van der Waals surface area contributed by atoms with Crippen LogP contribution in [0.15, 0.2) is 23.3 Å². The second-order valence-electron chi connectivity index (χ2n) is 5.09. The first-order chi connectivity index (χ1) is 7.68. The number of allylic oxidation sites excluding steroid dienone is 4. The fraction of sp³-hybridized carbons (Fsp3) is 0.643. The Bertz CT molecular complexity index is 339. The highest BCUT2D eigenvalue weighted by Gasteiger charge is 2.32. The van der Waals surface area contributed by atoms with E-state index < -0.39 is 5.97 Å². The molecule has 16 heavy (non-hydrogen) atoms. The zero-order chi connectivity index (χ0) is 11.5. The van der Waals surface area contributed by atoms with Crippen LogP contribution in [0.5, 0.6) is 0 Å². The molecule has 0 spiro atoms. The molecule has 2 rings (SSSR count). The van der Waals surface area contributed by atoms with Crippen LogP contribution in [-0.4, -0.2) is 11.1 Å². The van der Waals surface area contributed by atoms with Crippen molar-refractivity contribution in [3.63, 3.8) is 0 Å². The molecule has 0 aromatic carbocycles. The zero-order valence-corrected chi connectivity index (χ0v) is 9.91. The van der Waals surface area contributed by atoms with Crippen molar-refractivity contribution in [2.45, 2.75) is 45.4 Å². The highest BCUT2D eigenvalue weighted by molar-refractivity contribution is 5.71. The van der Waals surface area contributed by atoms with Crippen LogP contribution >= 0.6 is 0 Å². The molecule has 0 amide bonds. The molecule has 0 saturated heterocycles. The number of carboxylic acid groups (broad SMARTS) is 1. The summed E-state index contributed by atoms with van der Waals surface area (Å²) in [6.45, 7) is 2.14. The van der Waals surface area contributed by atoms with E-state index in [0.29, 0.717) is 5.92 Å². The molecule has 1 N–H and O–H groups in total. The molecule has 0 aliphatic heterocycles. The molecule has 2 atom stereocenters. The van der Waals surface area contributed by atoms with Crippen molar-refractivity contribution >= 4 is 5.97 Å². The summed E-state index contributed by atoms with van der Waals surface area (Å²) in [5.74, 6) is -0.431. The van der Waals surface area contributed by atoms with E-state index in [9.17, 15) is 9.90 Å². The molecule has 1 fully saturated rings. The van der Waals surface area contributed by atoms with Crippen molar-refractivity contribution in [1.82, 2.24) is 0 Å². The van der Waals surface area contributed by atoms with Gasteiger partial charge in [-0.1, -0.05) is 36.1 Å². The largest absolute Gasteiger partial charge is 0.481 e. The van der Waals surface area contributed by atoms with E-state index >= 15 is 0 Å². The molecule has 0 radical (unpaired) electrons. The molecular formula is C14H20O2. The molecule has 0 unspecified atom stereocenters. The van der Waals surface area contributed by atoms with E-state index in [2.05, 4.69) is 19.1 Å². The molecule has 0 aromatic rings. The van der Waals surface area contributed by atoms with Crippen LogP contribution in [-0.2, 0) is 4.79 Å². The molecule has 0 bridgehead atoms. The number of carbonyl (C=O) groups is 1. The first-order valence-electron chi connectivity index (χ1n) is 6.27. The van der Waals surface area contributed by atoms with E-state index in [1.54, 1.807) is 0 Å². The van der Waals surface area contributed by atoms with E-state index in [0.717, 1.165) is 32.1 Å². The minimum Gasteiger partial charge on any atom is -0.481 e. The zero-order valence-electron chi connectivity index (χ0n) is 9.91. The lowest BCUT2D eigenvalue weighted by atomic mass is 9.73. The lowest BCUT2D eigenvalue weighted by Crippen LogP contribution is -2.28. The summed E-state index contributed by atoms with van der Waals surface area (Å²) in [5, 5.41) is 9.25. The number of aliphatic carboxylic acids is 1. The molecule has 2 nitrogen and oxygen atoms in total. The van der Waals surface area contributed by atoms with Gasteiger partial charge in [-0.3, -0.25) is 4.79 Å². The lowest BCUT2D eigenvalue weighted by Gasteiger charge is -2.31. The Morgan fingerprint density at radius 2 is 2.00 bits per heavy atom. The summed E-state index contributed by atoms with van der Waals surface area (Å²) in [6.07, 6.45) is 10.7. The summed E-state index contributed by atoms with van der Waals surface area (Å²) >= 11 is 0. The first-order valence-corrected chi connectivity index (χ1v) is 6.27. The second-order valence-corrected chi connectivity index (χ2v) is 5.09. The third kappa shape index (κ3) is 2.37. The Morgan fingerprint density at radius 3 is 2.62 bits per heavy atom. The topological polar surface area (TPSA) is 37.3 Å². The normalized spacial score (nSPS) is 30.6. The highest BCUT2D eigenvalue weighted by Crippen LogP contribution is 2.38. The summed E-state index contributed by atoms with van der Waals surface area (Å²) in [6, 6.07) is 0. The molecule has 2 aliphatic rings. The van der Waals surface area contributed by atoms with Crippen molar-refractivity contribution in [1.29, 1.82) is 0 Å². The van der Waals surface area contributed by atoms with Crippen molar-refractivity contribution < 1.29 is 9.90 Å². The van der Waals surface area contributed by atoms with Crippen molar-refractivity contribution in [2.75, 3.05) is 0 Å². The van der Waals surface area contributed by atoms with Gasteiger partial charge in [0.1, 0.15) is 0 Å². The number of hydrogen-bond acceptors (Lipinski definition) is 1. The minimum absolute atomic E-state index is 0.133. The maximum Gasteiger partial charge on any atom is 0.307 e. The molecular weight excluding hydrogens is 200 g/mol. The van der Waals surface area contributed by atoms with E-state index in [-0.39, 0.29) is 5.92 Å². The number of hydrogen-bond donors (Lipinski definition) is 1. The van der Waals surface area contributed by atoms with Gasteiger partial charge in [0.05, 0.1) is 5.92 Å². The van der Waals surface area contributed by atoms with E-state index in [1.165, 1.54) is 17.6 Å². The molecule has 2 aliphatic carbocycles. The van der Waals surface area contributed by atoms with Crippen LogP contribution in [0.4, 0.5) is 0 Å². The monoisotopic (exact) mass is 220 g/mol. The van der Waals surface area contributed by atoms with Crippen LogP contribution in [0.1, 0.15) is 45.4 Å². The first kappa shape index (κ1) is 11.4. The van der Waals surface area contributed by atoms with Gasteiger partial charge in [-0.05, 0) is 38.5 Å². The summed E-state index contributed by atoms with van der Waals surface area (Å²) < 4.78 is 0. The van der Waals surface area contributed by atoms with Gasteiger partial charge >= 0.3 is 5.97 Å². The lowest BCUT2D eigenvalue weighted by molar-refractivity contribution is -0.144. The van der Waals surface area contributed by atoms with E-state index in [4.69, 9.17) is 0 Å². The third-order valence-electron chi connectivity index (χ3n) is 3.95. The summed E-state index contributed by atoms with van der Waals surface area (Å²) in [4.78, 5) is 11.2. The van der Waals surface area contributed by atoms with Gasteiger partial charge in [0.15, 0.2) is 0 Å². The Morgan fingerprint density at radius 1 is 1.25 bits per heavy atom. The van der Waals surface area contributed by atoms with Gasteiger partial charge in [-0.25, -0.2) is 0 Å². The average Bonchev–Trinajstić information content (AvgIpc) is 2.30. The van der Waals surface area contributed by atoms with Crippen LogP contribution in [0.3, 0.4) is 0 Å².